The lowest BCUT2D eigenvalue weighted by atomic mass is 10.1. The molecule has 0 saturated carbocycles. The third-order valence-electron chi connectivity index (χ3n) is 2.88. The lowest BCUT2D eigenvalue weighted by molar-refractivity contribution is -0.116. The predicted octanol–water partition coefficient (Wildman–Crippen LogP) is 1.83. The Kier molecular flexibility index (Phi) is 5.36. The maximum absolute atomic E-state index is 11.4. The Balaban J connectivity index is 2.44. The number of nitrogens with zero attached hydrogens (tertiary/aromatic N) is 2. The number of aryl methyl sites for hydroxylation is 2. The molecule has 0 saturated heterocycles. The van der Waals surface area contributed by atoms with Crippen LogP contribution in [0.2, 0.25) is 0 Å². The smallest absolute Gasteiger partial charge is 0.243 e. The van der Waals surface area contributed by atoms with Gasteiger partial charge in [-0.3, -0.25) is 9.48 Å². The fourth-order valence-corrected chi connectivity index (χ4v) is 1.80. The highest BCUT2D eigenvalue weighted by atomic mass is 16.1. The highest BCUT2D eigenvalue weighted by Gasteiger charge is 2.08. The highest BCUT2D eigenvalue weighted by molar-refractivity contribution is 5.87. The summed E-state index contributed by atoms with van der Waals surface area (Å²) >= 11 is 0. The normalized spacial score (nSPS) is 11.6. The zero-order valence-corrected chi connectivity index (χ0v) is 11.5. The number of rotatable bonds is 5. The van der Waals surface area contributed by atoms with Gasteiger partial charge in [0, 0.05) is 25.4 Å². The number of allylic oxidation sites excluding steroid dienone is 3. The fourth-order valence-electron chi connectivity index (χ4n) is 1.80. The van der Waals surface area contributed by atoms with E-state index in [0.717, 1.165) is 17.8 Å². The van der Waals surface area contributed by atoms with Crippen LogP contribution >= 0.6 is 0 Å². The molecule has 0 aliphatic carbocycles. The van der Waals surface area contributed by atoms with Gasteiger partial charge in [-0.25, -0.2) is 0 Å². The lowest BCUT2D eigenvalue weighted by Crippen LogP contribution is -2.23. The Morgan fingerprint density at radius 3 is 2.67 bits per heavy atom. The quantitative estimate of drug-likeness (QED) is 0.637. The third kappa shape index (κ3) is 3.87. The summed E-state index contributed by atoms with van der Waals surface area (Å²) in [6.07, 6.45) is 7.79. The van der Waals surface area contributed by atoms with E-state index < -0.39 is 0 Å². The predicted molar refractivity (Wildman–Crippen MR) is 73.3 cm³/mol. The van der Waals surface area contributed by atoms with Gasteiger partial charge in [0.2, 0.25) is 5.91 Å². The van der Waals surface area contributed by atoms with Crippen molar-refractivity contribution >= 4 is 5.91 Å². The summed E-state index contributed by atoms with van der Waals surface area (Å²) < 4.78 is 1.87. The molecule has 1 aromatic rings. The molecule has 0 atom stereocenters. The van der Waals surface area contributed by atoms with Crippen LogP contribution in [-0.2, 0) is 18.3 Å². The lowest BCUT2D eigenvalue weighted by Gasteiger charge is -2.03. The third-order valence-corrected chi connectivity index (χ3v) is 2.88. The van der Waals surface area contributed by atoms with Crippen molar-refractivity contribution < 1.29 is 4.79 Å². The summed E-state index contributed by atoms with van der Waals surface area (Å²) in [4.78, 5) is 11.4. The molecule has 0 fully saturated rings. The Morgan fingerprint density at radius 2 is 2.11 bits per heavy atom. The van der Waals surface area contributed by atoms with Crippen molar-refractivity contribution in [2.45, 2.75) is 27.2 Å². The second-order valence-corrected chi connectivity index (χ2v) is 4.20. The molecule has 0 unspecified atom stereocenters. The molecule has 1 N–H and O–H groups in total. The van der Waals surface area contributed by atoms with Crippen LogP contribution in [-0.4, -0.2) is 22.2 Å². The van der Waals surface area contributed by atoms with E-state index >= 15 is 0 Å². The number of carbonyl (C=O) groups excluding carboxylic acids is 1. The van der Waals surface area contributed by atoms with Crippen LogP contribution in [0.1, 0.15) is 23.9 Å². The van der Waals surface area contributed by atoms with E-state index in [4.69, 9.17) is 0 Å². The summed E-state index contributed by atoms with van der Waals surface area (Å²) in [5.41, 5.74) is 3.41. The van der Waals surface area contributed by atoms with Crippen molar-refractivity contribution in [1.82, 2.24) is 15.1 Å². The van der Waals surface area contributed by atoms with Crippen LogP contribution in [0.15, 0.2) is 24.3 Å². The van der Waals surface area contributed by atoms with E-state index in [1.54, 1.807) is 6.08 Å². The van der Waals surface area contributed by atoms with E-state index in [9.17, 15) is 4.79 Å². The summed E-state index contributed by atoms with van der Waals surface area (Å²) in [6.45, 7) is 6.59. The Bertz CT molecular complexity index is 470. The van der Waals surface area contributed by atoms with Gasteiger partial charge in [0.05, 0.1) is 5.69 Å². The van der Waals surface area contributed by atoms with Crippen molar-refractivity contribution in [3.8, 4) is 0 Å². The molecule has 18 heavy (non-hydrogen) atoms. The maximum Gasteiger partial charge on any atom is 0.243 e. The van der Waals surface area contributed by atoms with Gasteiger partial charge in [-0.15, -0.1) is 0 Å². The summed E-state index contributed by atoms with van der Waals surface area (Å²) in [5, 5.41) is 7.21. The molecule has 0 spiro atoms. The molecular formula is C14H21N3O. The van der Waals surface area contributed by atoms with Gasteiger partial charge in [0.1, 0.15) is 0 Å². The minimum atomic E-state index is -0.0627. The first-order valence-electron chi connectivity index (χ1n) is 6.12. The van der Waals surface area contributed by atoms with Gasteiger partial charge in [-0.05, 0) is 32.8 Å². The van der Waals surface area contributed by atoms with Crippen molar-refractivity contribution in [2.75, 3.05) is 6.54 Å². The summed E-state index contributed by atoms with van der Waals surface area (Å²) in [6, 6.07) is 0. The standard InChI is InChI=1S/C14H21N3O/c1-5-6-7-8-14(18)15-10-9-13-11(2)16-17(4)12(13)3/h5-8H,9-10H2,1-4H3,(H,15,18)/b6-5+,8-7+. The number of aromatic nitrogens is 2. The van der Waals surface area contributed by atoms with Crippen LogP contribution in [0.25, 0.3) is 0 Å². The second kappa shape index (κ2) is 6.79. The first kappa shape index (κ1) is 14.2. The number of carbonyl (C=O) groups is 1. The van der Waals surface area contributed by atoms with Crippen LogP contribution in [0.5, 0.6) is 0 Å². The fraction of sp³-hybridized carbons (Fsp3) is 0.429. The Hall–Kier alpha value is -1.84. The van der Waals surface area contributed by atoms with Gasteiger partial charge < -0.3 is 5.32 Å². The number of amides is 1. The van der Waals surface area contributed by atoms with Crippen LogP contribution < -0.4 is 5.32 Å². The van der Waals surface area contributed by atoms with Crippen LogP contribution in [0.4, 0.5) is 0 Å². The van der Waals surface area contributed by atoms with E-state index in [1.165, 1.54) is 11.6 Å². The minimum absolute atomic E-state index is 0.0627. The zero-order valence-electron chi connectivity index (χ0n) is 11.5. The van der Waals surface area contributed by atoms with Gasteiger partial charge in [-0.2, -0.15) is 5.10 Å². The highest BCUT2D eigenvalue weighted by Crippen LogP contribution is 2.11. The second-order valence-electron chi connectivity index (χ2n) is 4.20. The minimum Gasteiger partial charge on any atom is -0.352 e. The van der Waals surface area contributed by atoms with E-state index in [2.05, 4.69) is 10.4 Å². The van der Waals surface area contributed by atoms with E-state index in [1.807, 2.05) is 44.7 Å². The number of hydrogen-bond acceptors (Lipinski definition) is 2. The number of nitrogens with one attached hydrogen (secondary N) is 1. The maximum atomic E-state index is 11.4. The van der Waals surface area contributed by atoms with Gasteiger partial charge >= 0.3 is 0 Å². The molecular weight excluding hydrogens is 226 g/mol. The first-order chi connectivity index (χ1) is 8.56. The van der Waals surface area contributed by atoms with Gasteiger partial charge in [0.15, 0.2) is 0 Å². The van der Waals surface area contributed by atoms with Crippen molar-refractivity contribution in [3.63, 3.8) is 0 Å². The molecule has 0 aliphatic rings. The molecule has 0 aliphatic heterocycles. The molecule has 1 heterocycles. The molecule has 98 valence electrons. The van der Waals surface area contributed by atoms with Crippen molar-refractivity contribution in [1.29, 1.82) is 0 Å². The molecule has 1 rings (SSSR count). The molecule has 4 nitrogen and oxygen atoms in total. The molecule has 0 bridgehead atoms. The van der Waals surface area contributed by atoms with Crippen LogP contribution in [0, 0.1) is 13.8 Å². The average molecular weight is 247 g/mol. The summed E-state index contributed by atoms with van der Waals surface area (Å²) in [5.74, 6) is -0.0627. The van der Waals surface area contributed by atoms with E-state index in [0.29, 0.717) is 6.54 Å². The Morgan fingerprint density at radius 1 is 1.39 bits per heavy atom. The molecule has 0 radical (unpaired) electrons. The topological polar surface area (TPSA) is 46.9 Å². The van der Waals surface area contributed by atoms with Crippen molar-refractivity contribution in [3.05, 3.63) is 41.3 Å². The largest absolute Gasteiger partial charge is 0.352 e. The average Bonchev–Trinajstić information content (AvgIpc) is 2.56. The van der Waals surface area contributed by atoms with Gasteiger partial charge in [-0.1, -0.05) is 18.2 Å². The molecule has 1 aromatic heterocycles. The number of hydrogen-bond donors (Lipinski definition) is 1. The molecule has 4 heteroatoms. The Labute approximate surface area is 108 Å². The van der Waals surface area contributed by atoms with Crippen molar-refractivity contribution in [2.24, 2.45) is 7.05 Å². The first-order valence-corrected chi connectivity index (χ1v) is 6.12. The van der Waals surface area contributed by atoms with Gasteiger partial charge in [0.25, 0.3) is 0 Å². The molecule has 0 aromatic carbocycles. The van der Waals surface area contributed by atoms with E-state index in [-0.39, 0.29) is 5.91 Å². The summed E-state index contributed by atoms with van der Waals surface area (Å²) in [7, 11) is 1.93. The molecule has 1 amide bonds. The monoisotopic (exact) mass is 247 g/mol. The van der Waals surface area contributed by atoms with Crippen LogP contribution in [0.3, 0.4) is 0 Å². The SMILES string of the molecule is C/C=C/C=C/C(=O)NCCc1c(C)nn(C)c1C. The zero-order chi connectivity index (χ0) is 13.5.